The third kappa shape index (κ3) is 1.84. The predicted molar refractivity (Wildman–Crippen MR) is 64.8 cm³/mol. The Bertz CT molecular complexity index is 499. The number of halogens is 1. The summed E-state index contributed by atoms with van der Waals surface area (Å²) in [6.07, 6.45) is 0. The molecule has 0 radical (unpaired) electrons. The lowest BCUT2D eigenvalue weighted by Crippen LogP contribution is -2.64. The first-order valence-corrected chi connectivity index (χ1v) is 5.68. The highest BCUT2D eigenvalue weighted by atomic mass is 79.9. The van der Waals surface area contributed by atoms with Crippen molar-refractivity contribution in [2.75, 3.05) is 4.90 Å². The van der Waals surface area contributed by atoms with E-state index in [9.17, 15) is 14.4 Å². The molecule has 1 saturated heterocycles. The van der Waals surface area contributed by atoms with Gasteiger partial charge in [0.25, 0.3) is 11.8 Å². The van der Waals surface area contributed by atoms with Gasteiger partial charge in [-0.05, 0) is 19.1 Å². The lowest BCUT2D eigenvalue weighted by atomic mass is 10.1. The number of imide groups is 2. The number of barbiturate groups is 1. The number of nitrogens with one attached hydrogen (secondary N) is 1. The fourth-order valence-electron chi connectivity index (χ4n) is 1.48. The average Bonchev–Trinajstić information content (AvgIpc) is 2.28. The number of nitrogens with zero attached hydrogens (tertiary/aromatic N) is 1. The van der Waals surface area contributed by atoms with E-state index in [1.807, 2.05) is 0 Å². The van der Waals surface area contributed by atoms with Crippen LogP contribution in [0.15, 0.2) is 30.3 Å². The van der Waals surface area contributed by atoms with Gasteiger partial charge in [-0.25, -0.2) is 9.69 Å². The van der Waals surface area contributed by atoms with Gasteiger partial charge in [-0.2, -0.15) is 0 Å². The van der Waals surface area contributed by atoms with Crippen LogP contribution < -0.4 is 10.2 Å². The molecule has 4 amide bonds. The number of alkyl halides is 1. The molecule has 0 aromatic heterocycles. The number of carbonyl (C=O) groups is 3. The maximum Gasteiger partial charge on any atom is 0.335 e. The summed E-state index contributed by atoms with van der Waals surface area (Å²) in [6.45, 7) is 1.41. The normalized spacial score (nSPS) is 24.8. The van der Waals surface area contributed by atoms with E-state index in [1.54, 1.807) is 30.3 Å². The smallest absolute Gasteiger partial charge is 0.276 e. The van der Waals surface area contributed by atoms with Crippen molar-refractivity contribution in [3.8, 4) is 0 Å². The van der Waals surface area contributed by atoms with Crippen LogP contribution in [-0.4, -0.2) is 22.2 Å². The van der Waals surface area contributed by atoms with E-state index in [0.717, 1.165) is 4.90 Å². The summed E-state index contributed by atoms with van der Waals surface area (Å²) >= 11 is 3.03. The molecular weight excluding hydrogens is 288 g/mol. The van der Waals surface area contributed by atoms with E-state index in [1.165, 1.54) is 6.92 Å². The molecule has 1 atom stereocenters. The molecule has 17 heavy (non-hydrogen) atoms. The molecular formula is C11H9BrN2O3. The van der Waals surface area contributed by atoms with Gasteiger partial charge in [-0.3, -0.25) is 14.9 Å². The van der Waals surface area contributed by atoms with Crippen LogP contribution in [-0.2, 0) is 9.59 Å². The summed E-state index contributed by atoms with van der Waals surface area (Å²) in [5, 5.41) is 2.13. The van der Waals surface area contributed by atoms with E-state index in [2.05, 4.69) is 21.2 Å². The van der Waals surface area contributed by atoms with Crippen molar-refractivity contribution in [3.63, 3.8) is 0 Å². The number of para-hydroxylation sites is 1. The lowest BCUT2D eigenvalue weighted by molar-refractivity contribution is -0.131. The Balaban J connectivity index is 2.45. The third-order valence-corrected chi connectivity index (χ3v) is 3.17. The van der Waals surface area contributed by atoms with Crippen molar-refractivity contribution in [1.82, 2.24) is 5.32 Å². The molecule has 0 saturated carbocycles. The summed E-state index contributed by atoms with van der Waals surface area (Å²) in [5.41, 5.74) is 0.424. The Kier molecular flexibility index (Phi) is 2.74. The van der Waals surface area contributed by atoms with Crippen molar-refractivity contribution < 1.29 is 14.4 Å². The minimum Gasteiger partial charge on any atom is -0.276 e. The Morgan fingerprint density at radius 2 is 1.76 bits per heavy atom. The SMILES string of the molecule is CC1(Br)C(=O)NC(=O)N(c2ccccc2)C1=O. The van der Waals surface area contributed by atoms with Gasteiger partial charge in [0, 0.05) is 0 Å². The highest BCUT2D eigenvalue weighted by Crippen LogP contribution is 2.28. The fourth-order valence-corrected chi connectivity index (χ4v) is 1.76. The minimum atomic E-state index is -1.42. The molecule has 1 aromatic carbocycles. The Morgan fingerprint density at radius 3 is 2.35 bits per heavy atom. The number of carbonyl (C=O) groups excluding carboxylic acids is 3. The van der Waals surface area contributed by atoms with E-state index >= 15 is 0 Å². The second-order valence-electron chi connectivity index (χ2n) is 3.74. The minimum absolute atomic E-state index is 0.424. The van der Waals surface area contributed by atoms with Crippen LogP contribution in [0.4, 0.5) is 10.5 Å². The molecule has 1 N–H and O–H groups in total. The first-order valence-electron chi connectivity index (χ1n) is 4.88. The van der Waals surface area contributed by atoms with E-state index in [0.29, 0.717) is 5.69 Å². The highest BCUT2D eigenvalue weighted by Gasteiger charge is 2.49. The zero-order valence-corrected chi connectivity index (χ0v) is 10.5. The summed E-state index contributed by atoms with van der Waals surface area (Å²) in [5.74, 6) is -1.25. The van der Waals surface area contributed by atoms with Gasteiger partial charge in [-0.1, -0.05) is 34.1 Å². The molecule has 6 heteroatoms. The summed E-state index contributed by atoms with van der Waals surface area (Å²) in [7, 11) is 0. The number of hydrogen-bond acceptors (Lipinski definition) is 3. The first-order chi connectivity index (χ1) is 7.94. The van der Waals surface area contributed by atoms with Crippen molar-refractivity contribution in [2.45, 2.75) is 11.2 Å². The van der Waals surface area contributed by atoms with Crippen LogP contribution >= 0.6 is 15.9 Å². The molecule has 2 rings (SSSR count). The van der Waals surface area contributed by atoms with Gasteiger partial charge < -0.3 is 0 Å². The van der Waals surface area contributed by atoms with Crippen LogP contribution in [0.1, 0.15) is 6.92 Å². The molecule has 1 fully saturated rings. The van der Waals surface area contributed by atoms with Crippen molar-refractivity contribution in [2.24, 2.45) is 0 Å². The monoisotopic (exact) mass is 296 g/mol. The molecule has 5 nitrogen and oxygen atoms in total. The van der Waals surface area contributed by atoms with Crippen LogP contribution in [0.5, 0.6) is 0 Å². The van der Waals surface area contributed by atoms with Gasteiger partial charge in [-0.15, -0.1) is 0 Å². The topological polar surface area (TPSA) is 66.5 Å². The third-order valence-electron chi connectivity index (χ3n) is 2.47. The summed E-state index contributed by atoms with van der Waals surface area (Å²) in [4.78, 5) is 36.1. The number of benzene rings is 1. The predicted octanol–water partition coefficient (Wildman–Crippen LogP) is 1.42. The number of urea groups is 1. The van der Waals surface area contributed by atoms with Gasteiger partial charge in [0.2, 0.25) is 0 Å². The highest BCUT2D eigenvalue weighted by molar-refractivity contribution is 9.10. The first kappa shape index (κ1) is 11.8. The quantitative estimate of drug-likeness (QED) is 0.630. The Labute approximate surface area is 106 Å². The van der Waals surface area contributed by atoms with E-state index in [-0.39, 0.29) is 0 Å². The summed E-state index contributed by atoms with van der Waals surface area (Å²) in [6, 6.07) is 7.69. The molecule has 1 heterocycles. The van der Waals surface area contributed by atoms with Crippen LogP contribution in [0.25, 0.3) is 0 Å². The largest absolute Gasteiger partial charge is 0.335 e. The fraction of sp³-hybridized carbons (Fsp3) is 0.182. The Morgan fingerprint density at radius 1 is 1.18 bits per heavy atom. The maximum absolute atomic E-state index is 12.1. The molecule has 1 unspecified atom stereocenters. The lowest BCUT2D eigenvalue weighted by Gasteiger charge is -2.33. The van der Waals surface area contributed by atoms with Crippen LogP contribution in [0.3, 0.4) is 0 Å². The van der Waals surface area contributed by atoms with Gasteiger partial charge in [0.15, 0.2) is 4.32 Å². The molecule has 1 aromatic rings. The van der Waals surface area contributed by atoms with Gasteiger partial charge >= 0.3 is 6.03 Å². The Hall–Kier alpha value is -1.69. The number of amides is 4. The van der Waals surface area contributed by atoms with E-state index < -0.39 is 22.2 Å². The molecule has 88 valence electrons. The van der Waals surface area contributed by atoms with Gasteiger partial charge in [0.05, 0.1) is 5.69 Å². The van der Waals surface area contributed by atoms with Gasteiger partial charge in [0.1, 0.15) is 0 Å². The second kappa shape index (κ2) is 3.96. The zero-order valence-electron chi connectivity index (χ0n) is 8.94. The van der Waals surface area contributed by atoms with Crippen LogP contribution in [0, 0.1) is 0 Å². The number of anilines is 1. The molecule has 0 aliphatic carbocycles. The number of rotatable bonds is 1. The standard InChI is InChI=1S/C11H9BrN2O3/c1-11(12)8(15)13-10(17)14(9(11)16)7-5-3-2-4-6-7/h2-6H,1H3,(H,13,15,17). The molecule has 1 aliphatic rings. The molecule has 0 bridgehead atoms. The maximum atomic E-state index is 12.1. The van der Waals surface area contributed by atoms with Crippen molar-refractivity contribution in [1.29, 1.82) is 0 Å². The molecule has 1 aliphatic heterocycles. The zero-order chi connectivity index (χ0) is 12.6. The number of hydrogen-bond donors (Lipinski definition) is 1. The van der Waals surface area contributed by atoms with Crippen molar-refractivity contribution in [3.05, 3.63) is 30.3 Å². The second-order valence-corrected chi connectivity index (χ2v) is 5.32. The average molecular weight is 297 g/mol. The van der Waals surface area contributed by atoms with Crippen molar-refractivity contribution >= 4 is 39.5 Å². The van der Waals surface area contributed by atoms with Crippen LogP contribution in [0.2, 0.25) is 0 Å². The summed E-state index contributed by atoms with van der Waals surface area (Å²) < 4.78 is -1.42. The molecule has 0 spiro atoms. The van der Waals surface area contributed by atoms with E-state index in [4.69, 9.17) is 0 Å².